The molecule has 0 aromatic heterocycles. The minimum absolute atomic E-state index is 0.199. The number of piperidine rings is 1. The summed E-state index contributed by atoms with van der Waals surface area (Å²) in [6, 6.07) is 0. The van der Waals surface area contributed by atoms with Crippen LogP contribution in [0.5, 0.6) is 0 Å². The maximum absolute atomic E-state index is 10.3. The number of hydrogen-bond donors (Lipinski definition) is 2. The van der Waals surface area contributed by atoms with Crippen molar-refractivity contribution >= 4 is 0 Å². The third-order valence-electron chi connectivity index (χ3n) is 4.32. The Balaban J connectivity index is 1.72. The van der Waals surface area contributed by atoms with Gasteiger partial charge in [0.25, 0.3) is 0 Å². The van der Waals surface area contributed by atoms with Crippen LogP contribution in [-0.4, -0.2) is 73.4 Å². The van der Waals surface area contributed by atoms with E-state index in [1.54, 1.807) is 0 Å². The molecule has 2 N–H and O–H groups in total. The van der Waals surface area contributed by atoms with Crippen molar-refractivity contribution < 1.29 is 5.11 Å². The van der Waals surface area contributed by atoms with Crippen LogP contribution in [0.3, 0.4) is 0 Å². The number of likely N-dealkylation sites (tertiary alicyclic amines) is 1. The first kappa shape index (κ1) is 15.2. The number of nitrogens with zero attached hydrogens (tertiary/aromatic N) is 2. The second-order valence-corrected chi connectivity index (χ2v) is 6.72. The fraction of sp³-hybridized carbons (Fsp3) is 1.00. The molecule has 0 aromatic rings. The van der Waals surface area contributed by atoms with E-state index in [-0.39, 0.29) is 6.10 Å². The average Bonchev–Trinajstić information content (AvgIpc) is 2.55. The molecule has 2 aliphatic heterocycles. The molecule has 0 aliphatic carbocycles. The zero-order valence-corrected chi connectivity index (χ0v) is 12.6. The SMILES string of the molecule is C[C@@H]1C[C@H](C)CN(C[C@@H](O)CN2CCCNCC2)C1. The molecule has 112 valence electrons. The Morgan fingerprint density at radius 1 is 1.05 bits per heavy atom. The standard InChI is InChI=1S/C15H31N3O/c1-13-8-14(2)10-18(9-13)12-15(19)11-17-6-3-4-16-5-7-17/h13-16,19H,3-12H2,1-2H3/t13-,14+,15-/m0/s1. The Labute approximate surface area is 118 Å². The minimum Gasteiger partial charge on any atom is -0.390 e. The zero-order valence-electron chi connectivity index (χ0n) is 12.6. The highest BCUT2D eigenvalue weighted by atomic mass is 16.3. The van der Waals surface area contributed by atoms with Gasteiger partial charge in [-0.3, -0.25) is 4.90 Å². The fourth-order valence-corrected chi connectivity index (χ4v) is 3.68. The molecule has 0 unspecified atom stereocenters. The summed E-state index contributed by atoms with van der Waals surface area (Å²) < 4.78 is 0. The van der Waals surface area contributed by atoms with Gasteiger partial charge in [-0.15, -0.1) is 0 Å². The van der Waals surface area contributed by atoms with Crippen LogP contribution in [0.15, 0.2) is 0 Å². The highest BCUT2D eigenvalue weighted by Crippen LogP contribution is 2.20. The van der Waals surface area contributed by atoms with Gasteiger partial charge in [-0.1, -0.05) is 13.8 Å². The smallest absolute Gasteiger partial charge is 0.0793 e. The number of nitrogens with one attached hydrogen (secondary N) is 1. The Hall–Kier alpha value is -0.160. The van der Waals surface area contributed by atoms with E-state index < -0.39 is 0 Å². The quantitative estimate of drug-likeness (QED) is 0.785. The Morgan fingerprint density at radius 2 is 1.74 bits per heavy atom. The van der Waals surface area contributed by atoms with Gasteiger partial charge in [0.05, 0.1) is 6.10 Å². The van der Waals surface area contributed by atoms with Crippen molar-refractivity contribution in [2.45, 2.75) is 32.8 Å². The maximum atomic E-state index is 10.3. The highest BCUT2D eigenvalue weighted by molar-refractivity contribution is 4.78. The van der Waals surface area contributed by atoms with Crippen LogP contribution in [0.1, 0.15) is 26.7 Å². The van der Waals surface area contributed by atoms with Crippen LogP contribution < -0.4 is 5.32 Å². The summed E-state index contributed by atoms with van der Waals surface area (Å²) in [6.07, 6.45) is 2.34. The van der Waals surface area contributed by atoms with Gasteiger partial charge >= 0.3 is 0 Å². The van der Waals surface area contributed by atoms with Crippen molar-refractivity contribution in [3.05, 3.63) is 0 Å². The summed E-state index contributed by atoms with van der Waals surface area (Å²) >= 11 is 0. The molecule has 4 heteroatoms. The van der Waals surface area contributed by atoms with Crippen molar-refractivity contribution in [2.24, 2.45) is 11.8 Å². The van der Waals surface area contributed by atoms with Crippen molar-refractivity contribution in [1.82, 2.24) is 15.1 Å². The number of rotatable bonds is 4. The highest BCUT2D eigenvalue weighted by Gasteiger charge is 2.24. The molecule has 0 radical (unpaired) electrons. The van der Waals surface area contributed by atoms with Crippen molar-refractivity contribution in [3.63, 3.8) is 0 Å². The molecule has 2 fully saturated rings. The van der Waals surface area contributed by atoms with Gasteiger partial charge in [-0.25, -0.2) is 0 Å². The predicted molar refractivity (Wildman–Crippen MR) is 79.3 cm³/mol. The van der Waals surface area contributed by atoms with Gasteiger partial charge in [0.1, 0.15) is 0 Å². The average molecular weight is 269 g/mol. The molecule has 0 saturated carbocycles. The van der Waals surface area contributed by atoms with E-state index in [1.807, 2.05) is 0 Å². The fourth-order valence-electron chi connectivity index (χ4n) is 3.68. The van der Waals surface area contributed by atoms with Crippen molar-refractivity contribution in [2.75, 3.05) is 52.4 Å². The lowest BCUT2D eigenvalue weighted by molar-refractivity contribution is 0.0487. The molecule has 0 spiro atoms. The predicted octanol–water partition coefficient (Wildman–Crippen LogP) is 0.621. The van der Waals surface area contributed by atoms with Gasteiger partial charge in [0.2, 0.25) is 0 Å². The second kappa shape index (κ2) is 7.58. The molecule has 2 heterocycles. The number of hydrogen-bond acceptors (Lipinski definition) is 4. The van der Waals surface area contributed by atoms with Crippen LogP contribution in [0, 0.1) is 11.8 Å². The largest absolute Gasteiger partial charge is 0.390 e. The summed E-state index contributed by atoms with van der Waals surface area (Å²) in [5, 5.41) is 13.7. The second-order valence-electron chi connectivity index (χ2n) is 6.72. The van der Waals surface area contributed by atoms with Gasteiger partial charge in [0, 0.05) is 39.3 Å². The summed E-state index contributed by atoms with van der Waals surface area (Å²) in [6.45, 7) is 13.0. The molecule has 0 bridgehead atoms. The minimum atomic E-state index is -0.199. The molecule has 3 atom stereocenters. The molecular formula is C15H31N3O. The molecule has 4 nitrogen and oxygen atoms in total. The van der Waals surface area contributed by atoms with E-state index in [2.05, 4.69) is 29.0 Å². The van der Waals surface area contributed by atoms with Gasteiger partial charge in [-0.2, -0.15) is 0 Å². The van der Waals surface area contributed by atoms with Crippen LogP contribution in [0.2, 0.25) is 0 Å². The summed E-state index contributed by atoms with van der Waals surface area (Å²) in [5.74, 6) is 1.55. The van der Waals surface area contributed by atoms with Crippen LogP contribution in [0.4, 0.5) is 0 Å². The monoisotopic (exact) mass is 269 g/mol. The molecule has 2 rings (SSSR count). The number of β-amino-alcohol motifs (C(OH)–C–C–N with tert-alkyl or cyclic N) is 1. The third-order valence-corrected chi connectivity index (χ3v) is 4.32. The first-order valence-electron chi connectivity index (χ1n) is 7.97. The van der Waals surface area contributed by atoms with Gasteiger partial charge in [0.15, 0.2) is 0 Å². The lowest BCUT2D eigenvalue weighted by Gasteiger charge is -2.36. The lowest BCUT2D eigenvalue weighted by atomic mass is 9.92. The molecule has 2 aliphatic rings. The third kappa shape index (κ3) is 5.38. The zero-order chi connectivity index (χ0) is 13.7. The Kier molecular flexibility index (Phi) is 6.07. The van der Waals surface area contributed by atoms with E-state index in [0.717, 1.165) is 64.2 Å². The first-order chi connectivity index (χ1) is 9.13. The van der Waals surface area contributed by atoms with E-state index in [9.17, 15) is 5.11 Å². The maximum Gasteiger partial charge on any atom is 0.0793 e. The van der Waals surface area contributed by atoms with Crippen LogP contribution in [0.25, 0.3) is 0 Å². The Morgan fingerprint density at radius 3 is 2.47 bits per heavy atom. The van der Waals surface area contributed by atoms with Crippen LogP contribution >= 0.6 is 0 Å². The molecule has 2 saturated heterocycles. The first-order valence-corrected chi connectivity index (χ1v) is 7.97. The summed E-state index contributed by atoms with van der Waals surface area (Å²) in [7, 11) is 0. The van der Waals surface area contributed by atoms with E-state index >= 15 is 0 Å². The molecule has 0 aromatic carbocycles. The summed E-state index contributed by atoms with van der Waals surface area (Å²) in [5.41, 5.74) is 0. The molecule has 19 heavy (non-hydrogen) atoms. The van der Waals surface area contributed by atoms with Crippen molar-refractivity contribution in [3.8, 4) is 0 Å². The molecule has 0 amide bonds. The topological polar surface area (TPSA) is 38.7 Å². The lowest BCUT2D eigenvalue weighted by Crippen LogP contribution is -2.46. The Bertz CT molecular complexity index is 244. The van der Waals surface area contributed by atoms with Crippen LogP contribution in [-0.2, 0) is 0 Å². The van der Waals surface area contributed by atoms with Gasteiger partial charge in [-0.05, 0) is 37.8 Å². The number of aliphatic hydroxyl groups is 1. The van der Waals surface area contributed by atoms with E-state index in [4.69, 9.17) is 0 Å². The van der Waals surface area contributed by atoms with Gasteiger partial charge < -0.3 is 15.3 Å². The molecular weight excluding hydrogens is 238 g/mol. The van der Waals surface area contributed by atoms with E-state index in [0.29, 0.717) is 0 Å². The van der Waals surface area contributed by atoms with E-state index in [1.165, 1.54) is 12.8 Å². The summed E-state index contributed by atoms with van der Waals surface area (Å²) in [4.78, 5) is 4.86. The number of aliphatic hydroxyl groups excluding tert-OH is 1. The normalized spacial score (nSPS) is 33.0. The van der Waals surface area contributed by atoms with Crippen molar-refractivity contribution in [1.29, 1.82) is 0 Å².